The number of nitrogens with zero attached hydrogens (tertiary/aromatic N) is 3. The van der Waals surface area contributed by atoms with E-state index in [4.69, 9.17) is 4.74 Å². The topological polar surface area (TPSA) is 76.5 Å². The number of carbonyl (C=O) groups is 2. The van der Waals surface area contributed by atoms with Crippen molar-refractivity contribution in [3.63, 3.8) is 0 Å². The molecule has 0 unspecified atom stereocenters. The molecule has 0 bridgehead atoms. The Kier molecular flexibility index (Phi) is 6.02. The van der Waals surface area contributed by atoms with Crippen molar-refractivity contribution in [1.82, 2.24) is 15.1 Å². The predicted molar refractivity (Wildman–Crippen MR) is 118 cm³/mol. The molecule has 7 heteroatoms. The van der Waals surface area contributed by atoms with E-state index >= 15 is 0 Å². The number of aromatic nitrogens is 2. The van der Waals surface area contributed by atoms with Gasteiger partial charge in [-0.05, 0) is 44.5 Å². The zero-order valence-electron chi connectivity index (χ0n) is 17.8. The summed E-state index contributed by atoms with van der Waals surface area (Å²) in [5, 5.41) is 7.52. The molecule has 1 aliphatic rings. The SMILES string of the molecule is Cc1nn(-c2ccccc2)c(C)c1CNC(=O)COc1cccc(N2CCCC2=O)c1. The maximum Gasteiger partial charge on any atom is 0.258 e. The van der Waals surface area contributed by atoms with Gasteiger partial charge in [-0.25, -0.2) is 4.68 Å². The van der Waals surface area contributed by atoms with Crippen molar-refractivity contribution < 1.29 is 14.3 Å². The highest BCUT2D eigenvalue weighted by atomic mass is 16.5. The van der Waals surface area contributed by atoms with Gasteiger partial charge in [0.15, 0.2) is 6.61 Å². The maximum absolute atomic E-state index is 12.4. The van der Waals surface area contributed by atoms with E-state index in [1.165, 1.54) is 0 Å². The van der Waals surface area contributed by atoms with Crippen molar-refractivity contribution in [3.8, 4) is 11.4 Å². The molecule has 7 nitrogen and oxygen atoms in total. The zero-order chi connectivity index (χ0) is 21.8. The second-order valence-electron chi connectivity index (χ2n) is 7.61. The summed E-state index contributed by atoms with van der Waals surface area (Å²) in [7, 11) is 0. The van der Waals surface area contributed by atoms with Crippen LogP contribution in [0.1, 0.15) is 29.8 Å². The molecule has 0 radical (unpaired) electrons. The molecule has 1 fully saturated rings. The van der Waals surface area contributed by atoms with E-state index in [-0.39, 0.29) is 18.4 Å². The fraction of sp³-hybridized carbons (Fsp3) is 0.292. The molecule has 31 heavy (non-hydrogen) atoms. The third-order valence-corrected chi connectivity index (χ3v) is 5.48. The lowest BCUT2D eigenvalue weighted by Gasteiger charge is -2.16. The summed E-state index contributed by atoms with van der Waals surface area (Å²) in [6.07, 6.45) is 1.44. The van der Waals surface area contributed by atoms with Crippen molar-refractivity contribution in [1.29, 1.82) is 0 Å². The highest BCUT2D eigenvalue weighted by Gasteiger charge is 2.22. The van der Waals surface area contributed by atoms with Crippen LogP contribution >= 0.6 is 0 Å². The van der Waals surface area contributed by atoms with Gasteiger partial charge in [0.05, 0.1) is 11.4 Å². The Balaban J connectivity index is 1.34. The van der Waals surface area contributed by atoms with Crippen LogP contribution in [0, 0.1) is 13.8 Å². The Morgan fingerprint density at radius 1 is 1.10 bits per heavy atom. The van der Waals surface area contributed by atoms with Crippen LogP contribution in [-0.4, -0.2) is 34.7 Å². The largest absolute Gasteiger partial charge is 0.484 e. The molecule has 0 atom stereocenters. The van der Waals surface area contributed by atoms with E-state index in [1.807, 2.05) is 61.0 Å². The minimum absolute atomic E-state index is 0.0949. The summed E-state index contributed by atoms with van der Waals surface area (Å²) in [6.45, 7) is 4.95. The first-order chi connectivity index (χ1) is 15.0. The lowest BCUT2D eigenvalue weighted by Crippen LogP contribution is -2.29. The molecule has 1 saturated heterocycles. The minimum Gasteiger partial charge on any atom is -0.484 e. The highest BCUT2D eigenvalue weighted by molar-refractivity contribution is 5.95. The van der Waals surface area contributed by atoms with Crippen LogP contribution < -0.4 is 15.0 Å². The van der Waals surface area contributed by atoms with Crippen LogP contribution in [0.15, 0.2) is 54.6 Å². The quantitative estimate of drug-likeness (QED) is 0.639. The summed E-state index contributed by atoms with van der Waals surface area (Å²) < 4.78 is 7.54. The monoisotopic (exact) mass is 418 g/mol. The van der Waals surface area contributed by atoms with E-state index < -0.39 is 0 Å². The van der Waals surface area contributed by atoms with Gasteiger partial charge in [-0.2, -0.15) is 5.10 Å². The lowest BCUT2D eigenvalue weighted by atomic mass is 10.2. The number of hydrogen-bond donors (Lipinski definition) is 1. The van der Waals surface area contributed by atoms with Crippen LogP contribution in [0.25, 0.3) is 5.69 Å². The number of benzene rings is 2. The van der Waals surface area contributed by atoms with Crippen molar-refractivity contribution >= 4 is 17.5 Å². The molecule has 4 rings (SSSR count). The Labute approximate surface area is 181 Å². The van der Waals surface area contributed by atoms with Crippen LogP contribution in [0.3, 0.4) is 0 Å². The molecule has 160 valence electrons. The molecule has 0 saturated carbocycles. The van der Waals surface area contributed by atoms with E-state index in [9.17, 15) is 9.59 Å². The number of nitrogens with one attached hydrogen (secondary N) is 1. The fourth-order valence-electron chi connectivity index (χ4n) is 3.80. The Bertz CT molecular complexity index is 1090. The number of amides is 2. The van der Waals surface area contributed by atoms with E-state index in [1.54, 1.807) is 17.0 Å². The van der Waals surface area contributed by atoms with Gasteiger partial charge in [-0.15, -0.1) is 0 Å². The van der Waals surface area contributed by atoms with Crippen LogP contribution in [0.2, 0.25) is 0 Å². The number of anilines is 1. The van der Waals surface area contributed by atoms with Gasteiger partial charge in [0.25, 0.3) is 5.91 Å². The third kappa shape index (κ3) is 4.60. The summed E-state index contributed by atoms with van der Waals surface area (Å²) in [4.78, 5) is 26.0. The second kappa shape index (κ2) is 9.04. The van der Waals surface area contributed by atoms with Gasteiger partial charge >= 0.3 is 0 Å². The Morgan fingerprint density at radius 2 is 1.87 bits per heavy atom. The number of carbonyl (C=O) groups excluding carboxylic acids is 2. The van der Waals surface area contributed by atoms with Gasteiger partial charge in [-0.3, -0.25) is 9.59 Å². The average Bonchev–Trinajstić information content (AvgIpc) is 3.34. The molecule has 1 aliphatic heterocycles. The summed E-state index contributed by atoms with van der Waals surface area (Å²) in [6, 6.07) is 17.2. The van der Waals surface area contributed by atoms with Gasteiger partial charge in [0, 0.05) is 42.5 Å². The van der Waals surface area contributed by atoms with Gasteiger partial charge in [0.1, 0.15) is 5.75 Å². The average molecular weight is 418 g/mol. The van der Waals surface area contributed by atoms with Gasteiger partial charge < -0.3 is 15.0 Å². The van der Waals surface area contributed by atoms with Crippen molar-refractivity contribution in [2.24, 2.45) is 0 Å². The standard InChI is InChI=1S/C24H26N4O3/c1-17-22(18(2)28(26-17)19-8-4-3-5-9-19)15-25-23(29)16-31-21-11-6-10-20(14-21)27-13-7-12-24(27)30/h3-6,8-11,14H,7,12-13,15-16H2,1-2H3,(H,25,29). The van der Waals surface area contributed by atoms with Crippen molar-refractivity contribution in [2.45, 2.75) is 33.2 Å². The van der Waals surface area contributed by atoms with Crippen molar-refractivity contribution in [2.75, 3.05) is 18.1 Å². The highest BCUT2D eigenvalue weighted by Crippen LogP contribution is 2.25. The lowest BCUT2D eigenvalue weighted by molar-refractivity contribution is -0.123. The normalized spacial score (nSPS) is 13.5. The number of ether oxygens (including phenoxy) is 1. The maximum atomic E-state index is 12.4. The third-order valence-electron chi connectivity index (χ3n) is 5.48. The minimum atomic E-state index is -0.214. The number of rotatable bonds is 7. The molecule has 0 spiro atoms. The zero-order valence-corrected chi connectivity index (χ0v) is 17.8. The first kappa shape index (κ1) is 20.7. The first-order valence-corrected chi connectivity index (χ1v) is 10.4. The number of para-hydroxylation sites is 1. The molecule has 3 aromatic rings. The fourth-order valence-corrected chi connectivity index (χ4v) is 3.80. The smallest absolute Gasteiger partial charge is 0.258 e. The molecule has 1 aromatic heterocycles. The van der Waals surface area contributed by atoms with Gasteiger partial charge in [-0.1, -0.05) is 24.3 Å². The van der Waals surface area contributed by atoms with Crippen LogP contribution in [0.4, 0.5) is 5.69 Å². The summed E-state index contributed by atoms with van der Waals surface area (Å²) >= 11 is 0. The molecule has 2 amide bonds. The molecule has 0 aliphatic carbocycles. The molecule has 1 N–H and O–H groups in total. The van der Waals surface area contributed by atoms with E-state index in [2.05, 4.69) is 10.4 Å². The van der Waals surface area contributed by atoms with E-state index in [0.717, 1.165) is 41.3 Å². The van der Waals surface area contributed by atoms with Gasteiger partial charge in [0.2, 0.25) is 5.91 Å². The summed E-state index contributed by atoms with van der Waals surface area (Å²) in [5.74, 6) is 0.474. The van der Waals surface area contributed by atoms with Crippen LogP contribution in [-0.2, 0) is 16.1 Å². The van der Waals surface area contributed by atoms with E-state index in [0.29, 0.717) is 18.7 Å². The Morgan fingerprint density at radius 3 is 2.61 bits per heavy atom. The number of hydrogen-bond acceptors (Lipinski definition) is 4. The van der Waals surface area contributed by atoms with Crippen LogP contribution in [0.5, 0.6) is 5.75 Å². The Hall–Kier alpha value is -3.61. The predicted octanol–water partition coefficient (Wildman–Crippen LogP) is 3.31. The molecule has 2 heterocycles. The summed E-state index contributed by atoms with van der Waals surface area (Å²) in [5.41, 5.74) is 4.66. The molecular weight excluding hydrogens is 392 g/mol. The molecular formula is C24H26N4O3. The second-order valence-corrected chi connectivity index (χ2v) is 7.61. The number of aryl methyl sites for hydroxylation is 1. The molecule has 2 aromatic carbocycles. The van der Waals surface area contributed by atoms with Crippen molar-refractivity contribution in [3.05, 3.63) is 71.5 Å². The first-order valence-electron chi connectivity index (χ1n) is 10.4.